The van der Waals surface area contributed by atoms with E-state index in [0.29, 0.717) is 17.1 Å². The molecule has 0 aliphatic rings. The summed E-state index contributed by atoms with van der Waals surface area (Å²) in [4.78, 5) is 11.8. The van der Waals surface area contributed by atoms with E-state index in [1.165, 1.54) is 37.4 Å². The first-order valence-electron chi connectivity index (χ1n) is 6.49. The molecule has 0 heterocycles. The molecule has 7 heteroatoms. The van der Waals surface area contributed by atoms with Crippen LogP contribution in [-0.4, -0.2) is 19.6 Å². The lowest BCUT2D eigenvalue weighted by molar-refractivity contribution is -0.118. The van der Waals surface area contributed by atoms with Crippen LogP contribution in [0.25, 0.3) is 0 Å². The molecule has 0 radical (unpaired) electrons. The maximum atomic E-state index is 13.6. The molecule has 0 aromatic heterocycles. The fourth-order valence-electron chi connectivity index (χ4n) is 1.78. The summed E-state index contributed by atoms with van der Waals surface area (Å²) in [5, 5.41) is 11.4. The summed E-state index contributed by atoms with van der Waals surface area (Å²) in [6.07, 6.45) is 0. The van der Waals surface area contributed by atoms with Gasteiger partial charge in [0.2, 0.25) is 0 Å². The molecule has 0 aliphatic carbocycles. The Kier molecular flexibility index (Phi) is 5.39. The number of carbonyl (C=O) groups excluding carboxylic acids is 1. The van der Waals surface area contributed by atoms with Gasteiger partial charge in [0.05, 0.1) is 24.4 Å². The number of ether oxygens (including phenoxy) is 2. The van der Waals surface area contributed by atoms with Gasteiger partial charge in [0, 0.05) is 11.1 Å². The molecule has 0 bridgehead atoms. The molecule has 0 fully saturated rings. The molecule has 0 saturated heterocycles. The Morgan fingerprint density at radius 1 is 1.30 bits per heavy atom. The number of rotatable bonds is 5. The van der Waals surface area contributed by atoms with E-state index in [1.54, 1.807) is 0 Å². The van der Waals surface area contributed by atoms with Crippen molar-refractivity contribution < 1.29 is 18.7 Å². The normalized spacial score (nSPS) is 9.83. The van der Waals surface area contributed by atoms with Crippen molar-refractivity contribution in [2.45, 2.75) is 0 Å². The number of nitrogens with zero attached hydrogens (tertiary/aromatic N) is 1. The van der Waals surface area contributed by atoms with Crippen LogP contribution in [0.1, 0.15) is 5.56 Å². The van der Waals surface area contributed by atoms with Crippen LogP contribution in [0.5, 0.6) is 11.5 Å². The molecule has 5 nitrogen and oxygen atoms in total. The second-order valence-corrected chi connectivity index (χ2v) is 4.87. The Morgan fingerprint density at radius 3 is 2.74 bits per heavy atom. The Bertz CT molecular complexity index is 774. The van der Waals surface area contributed by atoms with Gasteiger partial charge in [-0.2, -0.15) is 5.26 Å². The first-order chi connectivity index (χ1) is 11.0. The van der Waals surface area contributed by atoms with E-state index in [4.69, 9.17) is 26.3 Å². The van der Waals surface area contributed by atoms with E-state index in [1.807, 2.05) is 6.07 Å². The lowest BCUT2D eigenvalue weighted by Gasteiger charge is -2.11. The molecule has 0 saturated carbocycles. The van der Waals surface area contributed by atoms with Crippen molar-refractivity contribution in [3.8, 4) is 17.6 Å². The number of carbonyl (C=O) groups is 1. The molecule has 0 atom stereocenters. The monoisotopic (exact) mass is 334 g/mol. The SMILES string of the molecule is COc1cc(C#N)ccc1OCC(=O)Nc1ccc(Cl)cc1F. The van der Waals surface area contributed by atoms with Gasteiger partial charge < -0.3 is 14.8 Å². The summed E-state index contributed by atoms with van der Waals surface area (Å²) in [6.45, 7) is -0.343. The number of hydrogen-bond donors (Lipinski definition) is 1. The molecule has 2 aromatic carbocycles. The fourth-order valence-corrected chi connectivity index (χ4v) is 1.94. The number of hydrogen-bond acceptors (Lipinski definition) is 4. The predicted octanol–water partition coefficient (Wildman–Crippen LogP) is 3.38. The highest BCUT2D eigenvalue weighted by Gasteiger charge is 2.11. The first-order valence-corrected chi connectivity index (χ1v) is 6.87. The fraction of sp³-hybridized carbons (Fsp3) is 0.125. The number of methoxy groups -OCH3 is 1. The lowest BCUT2D eigenvalue weighted by Crippen LogP contribution is -2.21. The van der Waals surface area contributed by atoms with Crippen LogP contribution in [-0.2, 0) is 4.79 Å². The summed E-state index contributed by atoms with van der Waals surface area (Å²) < 4.78 is 24.0. The van der Waals surface area contributed by atoms with E-state index in [0.717, 1.165) is 6.07 Å². The Labute approximate surface area is 137 Å². The Hall–Kier alpha value is -2.78. The standard InChI is InChI=1S/C16H12ClFN2O3/c1-22-15-6-10(8-19)2-5-14(15)23-9-16(21)20-13-4-3-11(17)7-12(13)18/h2-7H,9H2,1H3,(H,20,21). The number of halogens is 2. The third-order valence-electron chi connectivity index (χ3n) is 2.86. The van der Waals surface area contributed by atoms with Gasteiger partial charge in [-0.25, -0.2) is 4.39 Å². The topological polar surface area (TPSA) is 71.3 Å². The molecule has 0 spiro atoms. The van der Waals surface area contributed by atoms with Crippen LogP contribution in [0.15, 0.2) is 36.4 Å². The Morgan fingerprint density at radius 2 is 2.09 bits per heavy atom. The van der Waals surface area contributed by atoms with Crippen molar-refractivity contribution in [2.75, 3.05) is 19.0 Å². The van der Waals surface area contributed by atoms with Crippen LogP contribution < -0.4 is 14.8 Å². The summed E-state index contributed by atoms with van der Waals surface area (Å²) >= 11 is 5.64. The quantitative estimate of drug-likeness (QED) is 0.910. The first kappa shape index (κ1) is 16.6. The van der Waals surface area contributed by atoms with Crippen molar-refractivity contribution >= 4 is 23.2 Å². The highest BCUT2D eigenvalue weighted by molar-refractivity contribution is 6.30. The van der Waals surface area contributed by atoms with Crippen molar-refractivity contribution in [3.63, 3.8) is 0 Å². The largest absolute Gasteiger partial charge is 0.493 e. The van der Waals surface area contributed by atoms with Crippen molar-refractivity contribution in [1.82, 2.24) is 0 Å². The number of anilines is 1. The second kappa shape index (κ2) is 7.47. The highest BCUT2D eigenvalue weighted by atomic mass is 35.5. The minimum absolute atomic E-state index is 0.00907. The van der Waals surface area contributed by atoms with Crippen molar-refractivity contribution in [3.05, 3.63) is 52.8 Å². The maximum absolute atomic E-state index is 13.6. The summed E-state index contributed by atoms with van der Waals surface area (Å²) in [5.74, 6) is -0.549. The van der Waals surface area contributed by atoms with E-state index in [2.05, 4.69) is 5.32 Å². The van der Waals surface area contributed by atoms with Crippen LogP contribution in [0.4, 0.5) is 10.1 Å². The Balaban J connectivity index is 2.00. The molecular formula is C16H12ClFN2O3. The summed E-state index contributed by atoms with van der Waals surface area (Å²) in [6, 6.07) is 10.4. The van der Waals surface area contributed by atoms with Crippen LogP contribution in [0, 0.1) is 17.1 Å². The molecule has 1 amide bonds. The van der Waals surface area contributed by atoms with Gasteiger partial charge >= 0.3 is 0 Å². The minimum atomic E-state index is -0.637. The smallest absolute Gasteiger partial charge is 0.262 e. The zero-order valence-corrected chi connectivity index (χ0v) is 12.9. The number of amides is 1. The maximum Gasteiger partial charge on any atom is 0.262 e. The average Bonchev–Trinajstić information content (AvgIpc) is 2.55. The zero-order valence-electron chi connectivity index (χ0n) is 12.1. The van der Waals surface area contributed by atoms with Crippen LogP contribution in [0.2, 0.25) is 5.02 Å². The lowest BCUT2D eigenvalue weighted by atomic mass is 10.2. The van der Waals surface area contributed by atoms with Gasteiger partial charge in [-0.3, -0.25) is 4.79 Å². The number of nitrogens with one attached hydrogen (secondary N) is 1. The third-order valence-corrected chi connectivity index (χ3v) is 3.09. The van der Waals surface area contributed by atoms with E-state index in [-0.39, 0.29) is 17.3 Å². The van der Waals surface area contributed by atoms with Crippen molar-refractivity contribution in [1.29, 1.82) is 5.26 Å². The van der Waals surface area contributed by atoms with Gasteiger partial charge in [-0.15, -0.1) is 0 Å². The van der Waals surface area contributed by atoms with E-state index < -0.39 is 11.7 Å². The zero-order chi connectivity index (χ0) is 16.8. The van der Waals surface area contributed by atoms with E-state index >= 15 is 0 Å². The predicted molar refractivity (Wildman–Crippen MR) is 83.2 cm³/mol. The molecule has 118 valence electrons. The molecule has 2 rings (SSSR count). The van der Waals surface area contributed by atoms with Gasteiger partial charge in [-0.1, -0.05) is 11.6 Å². The van der Waals surface area contributed by atoms with E-state index in [9.17, 15) is 9.18 Å². The molecule has 1 N–H and O–H groups in total. The minimum Gasteiger partial charge on any atom is -0.493 e. The average molecular weight is 335 g/mol. The van der Waals surface area contributed by atoms with Gasteiger partial charge in [0.15, 0.2) is 18.1 Å². The van der Waals surface area contributed by atoms with Gasteiger partial charge in [-0.05, 0) is 30.3 Å². The second-order valence-electron chi connectivity index (χ2n) is 4.44. The van der Waals surface area contributed by atoms with Gasteiger partial charge in [0.25, 0.3) is 5.91 Å². The molecular weight excluding hydrogens is 323 g/mol. The van der Waals surface area contributed by atoms with Crippen LogP contribution in [0.3, 0.4) is 0 Å². The van der Waals surface area contributed by atoms with Crippen molar-refractivity contribution in [2.24, 2.45) is 0 Å². The molecule has 0 aliphatic heterocycles. The highest BCUT2D eigenvalue weighted by Crippen LogP contribution is 2.27. The van der Waals surface area contributed by atoms with Gasteiger partial charge in [0.1, 0.15) is 5.82 Å². The molecule has 0 unspecified atom stereocenters. The number of benzene rings is 2. The summed E-state index contributed by atoms with van der Waals surface area (Å²) in [5.41, 5.74) is 0.414. The molecule has 23 heavy (non-hydrogen) atoms. The third kappa shape index (κ3) is 4.34. The summed E-state index contributed by atoms with van der Waals surface area (Å²) in [7, 11) is 1.42. The number of nitriles is 1. The molecule has 2 aromatic rings. The van der Waals surface area contributed by atoms with Crippen LogP contribution >= 0.6 is 11.6 Å².